The molecule has 1 amide bonds. The maximum Gasteiger partial charge on any atom is 0.266 e. The van der Waals surface area contributed by atoms with Gasteiger partial charge in [0.25, 0.3) is 11.8 Å². The van der Waals surface area contributed by atoms with Crippen LogP contribution in [0.1, 0.15) is 44.5 Å². The number of hydrogen-bond donors (Lipinski definition) is 0. The van der Waals surface area contributed by atoms with Crippen molar-refractivity contribution < 1.29 is 18.3 Å². The normalized spacial score (nSPS) is 18.7. The second-order valence-electron chi connectivity index (χ2n) is 7.74. The number of likely N-dealkylation sites (tertiary alicyclic amines) is 1. The van der Waals surface area contributed by atoms with Gasteiger partial charge in [0.05, 0.1) is 13.2 Å². The molecular weight excluding hydrogens is 400 g/mol. The van der Waals surface area contributed by atoms with Gasteiger partial charge in [0.1, 0.15) is 5.75 Å². The molecule has 31 heavy (non-hydrogen) atoms. The molecule has 1 atom stereocenters. The number of allylic oxidation sites excluding steroid dienone is 3. The first-order chi connectivity index (χ1) is 14.6. The summed E-state index contributed by atoms with van der Waals surface area (Å²) in [5.74, 6) is -3.61. The maximum absolute atomic E-state index is 14.8. The van der Waals surface area contributed by atoms with Gasteiger partial charge in [-0.2, -0.15) is 5.10 Å². The largest absolute Gasteiger partial charge is 0.494 e. The van der Waals surface area contributed by atoms with E-state index >= 15 is 0 Å². The molecule has 7 heteroatoms. The van der Waals surface area contributed by atoms with Crippen molar-refractivity contribution in [2.75, 3.05) is 19.7 Å². The lowest BCUT2D eigenvalue weighted by Gasteiger charge is -2.40. The molecule has 2 rings (SSSR count). The van der Waals surface area contributed by atoms with Gasteiger partial charge in [0.15, 0.2) is 0 Å². The first-order valence-electron chi connectivity index (χ1n) is 10.3. The van der Waals surface area contributed by atoms with Crippen molar-refractivity contribution in [3.05, 3.63) is 66.0 Å². The standard InChI is InChI=1S/C24H31F2N3O2/c1-7-27-29(18(5)6)22(12-17(3)4)20-14-24(25,26)16-28(15-20)23(30)19-10-9-11-21(13-19)31-8-2/h7,9-13,20H,3,5,8,14-16H2,1-2,4,6H3/b22-12-,27-7-. The molecule has 1 aliphatic rings. The van der Waals surface area contributed by atoms with E-state index in [1.807, 2.05) is 6.92 Å². The summed E-state index contributed by atoms with van der Waals surface area (Å²) in [7, 11) is 0. The van der Waals surface area contributed by atoms with Crippen LogP contribution < -0.4 is 4.74 Å². The number of amides is 1. The van der Waals surface area contributed by atoms with Gasteiger partial charge in [-0.15, -0.1) is 0 Å². The van der Waals surface area contributed by atoms with Crippen molar-refractivity contribution in [2.24, 2.45) is 11.0 Å². The Hall–Kier alpha value is -2.96. The first kappa shape index (κ1) is 24.3. The van der Waals surface area contributed by atoms with Crippen molar-refractivity contribution in [3.8, 4) is 5.75 Å². The average Bonchev–Trinajstić information content (AvgIpc) is 2.69. The fourth-order valence-electron chi connectivity index (χ4n) is 3.63. The van der Waals surface area contributed by atoms with Crippen LogP contribution in [0.2, 0.25) is 0 Å². The number of alkyl halides is 2. The first-order valence-corrected chi connectivity index (χ1v) is 10.3. The molecule has 5 nitrogen and oxygen atoms in total. The molecule has 0 radical (unpaired) electrons. The van der Waals surface area contributed by atoms with E-state index in [4.69, 9.17) is 4.74 Å². The van der Waals surface area contributed by atoms with Gasteiger partial charge in [-0.25, -0.2) is 13.8 Å². The van der Waals surface area contributed by atoms with Gasteiger partial charge in [0.2, 0.25) is 0 Å². The molecular formula is C24H31F2N3O2. The molecule has 1 heterocycles. The molecule has 0 aromatic heterocycles. The number of ether oxygens (including phenoxy) is 1. The monoisotopic (exact) mass is 431 g/mol. The Morgan fingerprint density at radius 3 is 2.68 bits per heavy atom. The molecule has 0 spiro atoms. The lowest BCUT2D eigenvalue weighted by atomic mass is 9.90. The van der Waals surface area contributed by atoms with Crippen LogP contribution in [0.5, 0.6) is 5.75 Å². The zero-order chi connectivity index (χ0) is 23.2. The zero-order valence-electron chi connectivity index (χ0n) is 18.7. The van der Waals surface area contributed by atoms with Crippen LogP contribution in [0.3, 0.4) is 0 Å². The highest BCUT2D eigenvalue weighted by molar-refractivity contribution is 5.94. The summed E-state index contributed by atoms with van der Waals surface area (Å²) in [5.41, 5.74) is 2.14. The number of nitrogens with zero attached hydrogens (tertiary/aromatic N) is 3. The van der Waals surface area contributed by atoms with Crippen LogP contribution in [0, 0.1) is 5.92 Å². The molecule has 1 aliphatic heterocycles. The van der Waals surface area contributed by atoms with Gasteiger partial charge < -0.3 is 9.64 Å². The summed E-state index contributed by atoms with van der Waals surface area (Å²) < 4.78 is 35.0. The SMILES string of the molecule is C=C(C)/C=C(/C1CN(C(=O)c2cccc(OCC)c2)CC(F)(F)C1)N(/N=C\C)C(=C)C. The number of carbonyl (C=O) groups is 1. The lowest BCUT2D eigenvalue weighted by Crippen LogP contribution is -2.51. The lowest BCUT2D eigenvalue weighted by molar-refractivity contribution is -0.0724. The Morgan fingerprint density at radius 2 is 2.10 bits per heavy atom. The topological polar surface area (TPSA) is 45.1 Å². The summed E-state index contributed by atoms with van der Waals surface area (Å²) in [6.07, 6.45) is 2.91. The number of halogens is 2. The van der Waals surface area contributed by atoms with Crippen LogP contribution in [0.25, 0.3) is 0 Å². The van der Waals surface area contributed by atoms with Gasteiger partial charge in [-0.05, 0) is 52.0 Å². The van der Waals surface area contributed by atoms with Crippen LogP contribution in [0.15, 0.2) is 65.6 Å². The van der Waals surface area contributed by atoms with Gasteiger partial charge in [-0.1, -0.05) is 24.8 Å². The number of rotatable bonds is 8. The summed E-state index contributed by atoms with van der Waals surface area (Å²) in [5, 5.41) is 5.84. The van der Waals surface area contributed by atoms with E-state index in [1.165, 1.54) is 4.90 Å². The summed E-state index contributed by atoms with van der Waals surface area (Å²) in [6.45, 7) is 14.9. The van der Waals surface area contributed by atoms with E-state index in [0.29, 0.717) is 34.9 Å². The van der Waals surface area contributed by atoms with Crippen molar-refractivity contribution in [1.82, 2.24) is 9.91 Å². The minimum absolute atomic E-state index is 0.134. The fourth-order valence-corrected chi connectivity index (χ4v) is 3.63. The third-order valence-corrected chi connectivity index (χ3v) is 4.74. The summed E-state index contributed by atoms with van der Waals surface area (Å²) >= 11 is 0. The minimum atomic E-state index is -3.04. The van der Waals surface area contributed by atoms with Crippen molar-refractivity contribution in [1.29, 1.82) is 0 Å². The number of hydrogen-bond acceptors (Lipinski definition) is 4. The number of benzene rings is 1. The highest BCUT2D eigenvalue weighted by Gasteiger charge is 2.44. The second-order valence-corrected chi connectivity index (χ2v) is 7.74. The quantitative estimate of drug-likeness (QED) is 0.311. The maximum atomic E-state index is 14.8. The average molecular weight is 432 g/mol. The highest BCUT2D eigenvalue weighted by atomic mass is 19.3. The molecule has 1 saturated heterocycles. The van der Waals surface area contributed by atoms with E-state index in [-0.39, 0.29) is 6.54 Å². The Morgan fingerprint density at radius 1 is 1.39 bits per heavy atom. The Labute approximate surface area is 183 Å². The van der Waals surface area contributed by atoms with Crippen LogP contribution in [-0.4, -0.2) is 47.6 Å². The molecule has 1 aromatic rings. The van der Waals surface area contributed by atoms with E-state index in [9.17, 15) is 13.6 Å². The summed E-state index contributed by atoms with van der Waals surface area (Å²) in [6, 6.07) is 6.61. The van der Waals surface area contributed by atoms with Gasteiger partial charge in [-0.3, -0.25) is 4.79 Å². The van der Waals surface area contributed by atoms with Gasteiger partial charge >= 0.3 is 0 Å². The van der Waals surface area contributed by atoms with E-state index in [2.05, 4.69) is 18.3 Å². The van der Waals surface area contributed by atoms with E-state index in [1.54, 1.807) is 62.3 Å². The smallest absolute Gasteiger partial charge is 0.266 e. The molecule has 0 bridgehead atoms. The zero-order valence-corrected chi connectivity index (χ0v) is 18.7. The predicted octanol–water partition coefficient (Wildman–Crippen LogP) is 5.48. The molecule has 0 aliphatic carbocycles. The fraction of sp³-hybridized carbons (Fsp3) is 0.417. The van der Waals surface area contributed by atoms with Crippen molar-refractivity contribution >= 4 is 12.1 Å². The predicted molar refractivity (Wildman–Crippen MR) is 120 cm³/mol. The molecule has 1 aromatic carbocycles. The van der Waals surface area contributed by atoms with Crippen LogP contribution in [0.4, 0.5) is 8.78 Å². The Kier molecular flexibility index (Phi) is 8.14. The Balaban J connectivity index is 2.41. The minimum Gasteiger partial charge on any atom is -0.494 e. The molecule has 0 N–H and O–H groups in total. The molecule has 0 saturated carbocycles. The van der Waals surface area contributed by atoms with Crippen molar-refractivity contribution in [3.63, 3.8) is 0 Å². The number of piperidine rings is 1. The number of hydrazone groups is 1. The van der Waals surface area contributed by atoms with Gasteiger partial charge in [0, 0.05) is 42.1 Å². The second kappa shape index (κ2) is 10.4. The molecule has 1 fully saturated rings. The number of carbonyl (C=O) groups excluding carboxylic acids is 1. The van der Waals surface area contributed by atoms with Crippen LogP contribution >= 0.6 is 0 Å². The van der Waals surface area contributed by atoms with E-state index < -0.39 is 30.7 Å². The van der Waals surface area contributed by atoms with E-state index in [0.717, 1.165) is 0 Å². The molecule has 1 unspecified atom stereocenters. The third kappa shape index (κ3) is 6.51. The van der Waals surface area contributed by atoms with Crippen LogP contribution in [-0.2, 0) is 0 Å². The third-order valence-electron chi connectivity index (χ3n) is 4.74. The molecule has 168 valence electrons. The highest BCUT2D eigenvalue weighted by Crippen LogP contribution is 2.37. The Bertz CT molecular complexity index is 893. The van der Waals surface area contributed by atoms with Crippen molar-refractivity contribution in [2.45, 2.75) is 40.0 Å². The summed E-state index contributed by atoms with van der Waals surface area (Å²) in [4.78, 5) is 14.3.